The maximum absolute atomic E-state index is 13.3. The summed E-state index contributed by atoms with van der Waals surface area (Å²) >= 11 is 0. The van der Waals surface area contributed by atoms with Crippen LogP contribution in [0.25, 0.3) is 0 Å². The average molecular weight is 375 g/mol. The minimum absolute atomic E-state index is 0.0365. The third kappa shape index (κ3) is 4.12. The molecule has 2 aromatic carbocycles. The lowest BCUT2D eigenvalue weighted by Gasteiger charge is -2.35. The van der Waals surface area contributed by atoms with E-state index in [0.717, 1.165) is 5.56 Å². The predicted molar refractivity (Wildman–Crippen MR) is 98.3 cm³/mol. The second-order valence-corrected chi connectivity index (χ2v) is 9.10. The minimum Gasteiger partial charge on any atom is -0.349 e. The highest BCUT2D eigenvalue weighted by Gasteiger charge is 2.34. The van der Waals surface area contributed by atoms with Crippen molar-refractivity contribution in [1.82, 2.24) is 5.32 Å². The van der Waals surface area contributed by atoms with Crippen LogP contribution in [-0.4, -0.2) is 26.1 Å². The van der Waals surface area contributed by atoms with E-state index in [0.29, 0.717) is 28.9 Å². The van der Waals surface area contributed by atoms with Gasteiger partial charge in [-0.05, 0) is 74.1 Å². The third-order valence-corrected chi connectivity index (χ3v) is 6.68. The molecule has 3 rings (SSSR count). The summed E-state index contributed by atoms with van der Waals surface area (Å²) in [6.45, 7) is 3.48. The summed E-state index contributed by atoms with van der Waals surface area (Å²) < 4.78 is 38.3. The molecule has 0 radical (unpaired) electrons. The Bertz CT molecular complexity index is 934. The van der Waals surface area contributed by atoms with E-state index < -0.39 is 9.84 Å². The van der Waals surface area contributed by atoms with Gasteiger partial charge in [0.15, 0.2) is 9.84 Å². The normalized spacial score (nSPS) is 19.7. The smallest absolute Gasteiger partial charge is 0.251 e. The van der Waals surface area contributed by atoms with E-state index in [1.807, 2.05) is 13.0 Å². The molecule has 0 aromatic heterocycles. The van der Waals surface area contributed by atoms with Crippen LogP contribution in [0, 0.1) is 25.6 Å². The van der Waals surface area contributed by atoms with E-state index in [-0.39, 0.29) is 29.4 Å². The number of nitrogens with one attached hydrogen (secondary N) is 1. The van der Waals surface area contributed by atoms with Crippen molar-refractivity contribution >= 4 is 15.7 Å². The second-order valence-electron chi connectivity index (χ2n) is 7.07. The molecule has 1 saturated carbocycles. The maximum atomic E-state index is 13.3. The largest absolute Gasteiger partial charge is 0.349 e. The molecule has 0 saturated heterocycles. The number of amides is 1. The van der Waals surface area contributed by atoms with E-state index in [2.05, 4.69) is 5.32 Å². The first-order valence-corrected chi connectivity index (χ1v) is 10.3. The number of benzene rings is 2. The maximum Gasteiger partial charge on any atom is 0.251 e. The fourth-order valence-electron chi connectivity index (χ4n) is 3.26. The summed E-state index contributed by atoms with van der Waals surface area (Å²) in [6, 6.07) is 11.1. The summed E-state index contributed by atoms with van der Waals surface area (Å²) in [5.41, 5.74) is 1.76. The fourth-order valence-corrected chi connectivity index (χ4v) is 5.00. The van der Waals surface area contributed by atoms with Gasteiger partial charge in [-0.3, -0.25) is 4.79 Å². The van der Waals surface area contributed by atoms with Gasteiger partial charge in [0.05, 0.1) is 10.6 Å². The number of rotatable bonds is 5. The minimum atomic E-state index is -3.31. The summed E-state index contributed by atoms with van der Waals surface area (Å²) in [7, 11) is -3.31. The Morgan fingerprint density at radius 1 is 1.15 bits per heavy atom. The SMILES string of the molecule is Cc1cccc(S(=O)(=O)C[C@H]2C[C@H](NC(=O)c3ccc(F)c(C)c3)C2)c1. The van der Waals surface area contributed by atoms with Crippen LogP contribution in [0.3, 0.4) is 0 Å². The van der Waals surface area contributed by atoms with Crippen molar-refractivity contribution in [2.24, 2.45) is 5.92 Å². The lowest BCUT2D eigenvalue weighted by Crippen LogP contribution is -2.46. The molecular formula is C20H22FNO3S. The lowest BCUT2D eigenvalue weighted by molar-refractivity contribution is 0.0897. The van der Waals surface area contributed by atoms with Crippen LogP contribution in [0.4, 0.5) is 4.39 Å². The van der Waals surface area contributed by atoms with Gasteiger partial charge in [-0.2, -0.15) is 0 Å². The first kappa shape index (κ1) is 18.6. The Balaban J connectivity index is 1.54. The van der Waals surface area contributed by atoms with Crippen molar-refractivity contribution in [3.05, 3.63) is 65.0 Å². The van der Waals surface area contributed by atoms with Crippen LogP contribution >= 0.6 is 0 Å². The monoisotopic (exact) mass is 375 g/mol. The van der Waals surface area contributed by atoms with E-state index in [1.165, 1.54) is 18.2 Å². The van der Waals surface area contributed by atoms with Gasteiger partial charge in [-0.1, -0.05) is 12.1 Å². The molecule has 26 heavy (non-hydrogen) atoms. The molecule has 4 nitrogen and oxygen atoms in total. The van der Waals surface area contributed by atoms with Gasteiger partial charge in [0.1, 0.15) is 5.82 Å². The van der Waals surface area contributed by atoms with Gasteiger partial charge in [0.25, 0.3) is 5.91 Å². The Labute approximate surface area is 153 Å². The topological polar surface area (TPSA) is 63.2 Å². The predicted octanol–water partition coefficient (Wildman–Crippen LogP) is 3.42. The van der Waals surface area contributed by atoms with Crippen LogP contribution in [0.2, 0.25) is 0 Å². The van der Waals surface area contributed by atoms with Gasteiger partial charge in [-0.25, -0.2) is 12.8 Å². The first-order valence-electron chi connectivity index (χ1n) is 8.61. The quantitative estimate of drug-likeness (QED) is 0.871. The van der Waals surface area contributed by atoms with Crippen molar-refractivity contribution in [2.45, 2.75) is 37.6 Å². The van der Waals surface area contributed by atoms with Crippen LogP contribution in [0.5, 0.6) is 0 Å². The first-order chi connectivity index (χ1) is 12.2. The van der Waals surface area contributed by atoms with Gasteiger partial charge in [0, 0.05) is 11.6 Å². The molecule has 1 aliphatic carbocycles. The van der Waals surface area contributed by atoms with Gasteiger partial charge in [-0.15, -0.1) is 0 Å². The van der Waals surface area contributed by atoms with Crippen molar-refractivity contribution in [2.75, 3.05) is 5.75 Å². The van der Waals surface area contributed by atoms with E-state index >= 15 is 0 Å². The summed E-state index contributed by atoms with van der Waals surface area (Å²) in [5.74, 6) is -0.455. The highest BCUT2D eigenvalue weighted by atomic mass is 32.2. The fraction of sp³-hybridized carbons (Fsp3) is 0.350. The van der Waals surface area contributed by atoms with Crippen LogP contribution in [0.1, 0.15) is 34.3 Å². The Hall–Kier alpha value is -2.21. The number of aryl methyl sites for hydroxylation is 2. The number of carbonyl (C=O) groups is 1. The number of sulfone groups is 1. The molecule has 0 atom stereocenters. The highest BCUT2D eigenvalue weighted by molar-refractivity contribution is 7.91. The number of carbonyl (C=O) groups excluding carboxylic acids is 1. The standard InChI is InChI=1S/C20H22FNO3S/c1-13-4-3-5-18(8-13)26(24,25)12-15-10-17(11-15)22-20(23)16-6-7-19(21)14(2)9-16/h3-9,15,17H,10-12H2,1-2H3,(H,22,23)/t15-,17-. The number of hydrogen-bond donors (Lipinski definition) is 1. The molecule has 2 aromatic rings. The van der Waals surface area contributed by atoms with Crippen molar-refractivity contribution in [3.8, 4) is 0 Å². The molecule has 1 N–H and O–H groups in total. The molecule has 0 heterocycles. The van der Waals surface area contributed by atoms with Gasteiger partial charge >= 0.3 is 0 Å². The third-order valence-electron chi connectivity index (χ3n) is 4.79. The van der Waals surface area contributed by atoms with Crippen molar-refractivity contribution in [3.63, 3.8) is 0 Å². The summed E-state index contributed by atoms with van der Waals surface area (Å²) in [4.78, 5) is 12.6. The average Bonchev–Trinajstić information content (AvgIpc) is 2.55. The molecule has 6 heteroatoms. The summed E-state index contributed by atoms with van der Waals surface area (Å²) in [5, 5.41) is 2.89. The zero-order valence-electron chi connectivity index (χ0n) is 14.8. The van der Waals surface area contributed by atoms with E-state index in [1.54, 1.807) is 25.1 Å². The molecule has 0 bridgehead atoms. The van der Waals surface area contributed by atoms with Crippen molar-refractivity contribution in [1.29, 1.82) is 0 Å². The molecule has 0 unspecified atom stereocenters. The van der Waals surface area contributed by atoms with Crippen LogP contribution in [0.15, 0.2) is 47.4 Å². The molecule has 1 aliphatic rings. The highest BCUT2D eigenvalue weighted by Crippen LogP contribution is 2.31. The molecule has 0 aliphatic heterocycles. The Kier molecular flexibility index (Phi) is 5.14. The zero-order valence-corrected chi connectivity index (χ0v) is 15.6. The van der Waals surface area contributed by atoms with Crippen molar-refractivity contribution < 1.29 is 17.6 Å². The number of hydrogen-bond acceptors (Lipinski definition) is 3. The molecule has 0 spiro atoms. The second kappa shape index (κ2) is 7.19. The van der Waals surface area contributed by atoms with Crippen LogP contribution in [-0.2, 0) is 9.84 Å². The van der Waals surface area contributed by atoms with Gasteiger partial charge in [0.2, 0.25) is 0 Å². The molecule has 138 valence electrons. The zero-order chi connectivity index (χ0) is 18.9. The Morgan fingerprint density at radius 3 is 2.54 bits per heavy atom. The van der Waals surface area contributed by atoms with Crippen LogP contribution < -0.4 is 5.32 Å². The molecule has 1 fully saturated rings. The number of halogens is 1. The van der Waals surface area contributed by atoms with E-state index in [4.69, 9.17) is 0 Å². The molecular weight excluding hydrogens is 353 g/mol. The summed E-state index contributed by atoms with van der Waals surface area (Å²) in [6.07, 6.45) is 1.27. The lowest BCUT2D eigenvalue weighted by atomic mass is 9.81. The molecule has 1 amide bonds. The van der Waals surface area contributed by atoms with Gasteiger partial charge < -0.3 is 5.32 Å². The Morgan fingerprint density at radius 2 is 1.88 bits per heavy atom. The van der Waals surface area contributed by atoms with E-state index in [9.17, 15) is 17.6 Å².